The first-order valence-corrected chi connectivity index (χ1v) is 5.42. The van der Waals surface area contributed by atoms with Crippen molar-refractivity contribution in [3.05, 3.63) is 65.5 Å². The largest absolute Gasteiger partial charge is 0.489 e. The quantitative estimate of drug-likeness (QED) is 0.758. The molecule has 0 aromatic heterocycles. The Balaban J connectivity index is 2.14. The Morgan fingerprint density at radius 1 is 1.05 bits per heavy atom. The lowest BCUT2D eigenvalue weighted by molar-refractivity contribution is -0.138. The second-order valence-corrected chi connectivity index (χ2v) is 3.81. The molecular formula is C14H9F4O. The Morgan fingerprint density at radius 2 is 1.74 bits per heavy atom. The van der Waals surface area contributed by atoms with Crippen molar-refractivity contribution in [3.63, 3.8) is 0 Å². The summed E-state index contributed by atoms with van der Waals surface area (Å²) in [5, 5.41) is 0. The van der Waals surface area contributed by atoms with E-state index >= 15 is 0 Å². The van der Waals surface area contributed by atoms with E-state index in [1.54, 1.807) is 0 Å². The third kappa shape index (κ3) is 3.47. The molecule has 2 aromatic rings. The maximum atomic E-state index is 12.7. The maximum Gasteiger partial charge on any atom is 0.417 e. The molecule has 2 aromatic carbocycles. The van der Waals surface area contributed by atoms with Crippen LogP contribution in [-0.2, 0) is 12.8 Å². The zero-order valence-corrected chi connectivity index (χ0v) is 9.67. The third-order valence-electron chi connectivity index (χ3n) is 2.43. The summed E-state index contributed by atoms with van der Waals surface area (Å²) in [6, 6.07) is 11.2. The van der Waals surface area contributed by atoms with Crippen LogP contribution < -0.4 is 4.74 Å². The Labute approximate surface area is 107 Å². The standard InChI is InChI=1S/C14H9F4O/c15-11-5-7-12(8-6-11)19-9-10-3-1-2-4-13(10)14(16,17)18/h1-3,5-8H,9H2. The molecule has 0 spiro atoms. The Hall–Kier alpha value is -2.04. The summed E-state index contributed by atoms with van der Waals surface area (Å²) in [4.78, 5) is 0. The zero-order chi connectivity index (χ0) is 13.9. The molecular weight excluding hydrogens is 260 g/mol. The molecule has 19 heavy (non-hydrogen) atoms. The molecule has 0 amide bonds. The van der Waals surface area contributed by atoms with Crippen molar-refractivity contribution in [2.45, 2.75) is 12.8 Å². The highest BCUT2D eigenvalue weighted by atomic mass is 19.4. The summed E-state index contributed by atoms with van der Waals surface area (Å²) in [5.41, 5.74) is -0.864. The number of halogens is 4. The summed E-state index contributed by atoms with van der Waals surface area (Å²) in [6.07, 6.45) is -4.47. The van der Waals surface area contributed by atoms with Crippen molar-refractivity contribution >= 4 is 0 Å². The van der Waals surface area contributed by atoms with E-state index in [2.05, 4.69) is 6.07 Å². The van der Waals surface area contributed by atoms with Gasteiger partial charge in [-0.25, -0.2) is 4.39 Å². The Bertz CT molecular complexity index is 546. The fourth-order valence-corrected chi connectivity index (χ4v) is 1.55. The average Bonchev–Trinajstić information content (AvgIpc) is 2.37. The van der Waals surface area contributed by atoms with Gasteiger partial charge >= 0.3 is 6.18 Å². The lowest BCUT2D eigenvalue weighted by Gasteiger charge is -2.13. The predicted molar refractivity (Wildman–Crippen MR) is 61.0 cm³/mol. The first-order valence-electron chi connectivity index (χ1n) is 5.42. The lowest BCUT2D eigenvalue weighted by Crippen LogP contribution is -2.11. The monoisotopic (exact) mass is 269 g/mol. The molecule has 0 aliphatic rings. The number of hydrogen-bond acceptors (Lipinski definition) is 1. The topological polar surface area (TPSA) is 9.23 Å². The van der Waals surface area contributed by atoms with E-state index in [1.165, 1.54) is 42.5 Å². The van der Waals surface area contributed by atoms with Crippen LogP contribution in [0.5, 0.6) is 5.75 Å². The second kappa shape index (κ2) is 5.30. The van der Waals surface area contributed by atoms with E-state index in [1.807, 2.05) is 0 Å². The smallest absolute Gasteiger partial charge is 0.417 e. The van der Waals surface area contributed by atoms with Gasteiger partial charge in [-0.05, 0) is 30.3 Å². The SMILES string of the molecule is Fc1ccc(OCc2ccc[c]c2C(F)(F)F)cc1. The van der Waals surface area contributed by atoms with Gasteiger partial charge in [-0.1, -0.05) is 18.2 Å². The van der Waals surface area contributed by atoms with Crippen molar-refractivity contribution < 1.29 is 22.3 Å². The van der Waals surface area contributed by atoms with Crippen LogP contribution in [0, 0.1) is 11.9 Å². The summed E-state index contributed by atoms with van der Waals surface area (Å²) in [5.74, 6) is -0.130. The molecule has 0 aliphatic carbocycles. The highest BCUT2D eigenvalue weighted by Crippen LogP contribution is 2.31. The van der Waals surface area contributed by atoms with Gasteiger partial charge in [0, 0.05) is 5.56 Å². The molecule has 5 heteroatoms. The molecule has 0 N–H and O–H groups in total. The number of alkyl halides is 3. The van der Waals surface area contributed by atoms with Crippen molar-refractivity contribution in [3.8, 4) is 5.75 Å². The van der Waals surface area contributed by atoms with E-state index in [0.29, 0.717) is 5.75 Å². The molecule has 99 valence electrons. The van der Waals surface area contributed by atoms with Crippen molar-refractivity contribution in [2.24, 2.45) is 0 Å². The molecule has 0 heterocycles. The summed E-state index contributed by atoms with van der Waals surface area (Å²) in [7, 11) is 0. The zero-order valence-electron chi connectivity index (χ0n) is 9.67. The summed E-state index contributed by atoms with van der Waals surface area (Å²) < 4.78 is 55.9. The van der Waals surface area contributed by atoms with Crippen LogP contribution in [0.15, 0.2) is 42.5 Å². The lowest BCUT2D eigenvalue weighted by atomic mass is 10.1. The number of ether oxygens (including phenoxy) is 1. The molecule has 1 nitrogen and oxygen atoms in total. The highest BCUT2D eigenvalue weighted by Gasteiger charge is 2.33. The van der Waals surface area contributed by atoms with E-state index in [0.717, 1.165) is 0 Å². The summed E-state index contributed by atoms with van der Waals surface area (Å²) >= 11 is 0. The van der Waals surface area contributed by atoms with E-state index in [4.69, 9.17) is 4.74 Å². The number of hydrogen-bond donors (Lipinski definition) is 0. The van der Waals surface area contributed by atoms with Crippen LogP contribution in [-0.4, -0.2) is 0 Å². The van der Waals surface area contributed by atoms with Crippen LogP contribution in [0.25, 0.3) is 0 Å². The predicted octanol–water partition coefficient (Wildman–Crippen LogP) is 4.22. The molecule has 0 unspecified atom stereocenters. The van der Waals surface area contributed by atoms with Crippen molar-refractivity contribution in [2.75, 3.05) is 0 Å². The molecule has 0 aliphatic heterocycles. The number of rotatable bonds is 3. The molecule has 0 saturated heterocycles. The van der Waals surface area contributed by atoms with Gasteiger partial charge in [-0.3, -0.25) is 0 Å². The van der Waals surface area contributed by atoms with Crippen LogP contribution >= 0.6 is 0 Å². The second-order valence-electron chi connectivity index (χ2n) is 3.81. The Morgan fingerprint density at radius 3 is 2.37 bits per heavy atom. The van der Waals surface area contributed by atoms with Gasteiger partial charge < -0.3 is 4.74 Å². The highest BCUT2D eigenvalue weighted by molar-refractivity contribution is 5.29. The number of benzene rings is 2. The minimum absolute atomic E-state index is 0.0145. The van der Waals surface area contributed by atoms with Crippen molar-refractivity contribution in [1.29, 1.82) is 0 Å². The molecule has 1 radical (unpaired) electrons. The van der Waals surface area contributed by atoms with E-state index in [-0.39, 0.29) is 12.2 Å². The van der Waals surface area contributed by atoms with Gasteiger partial charge in [-0.2, -0.15) is 13.2 Å². The molecule has 0 bridgehead atoms. The first-order chi connectivity index (χ1) is 8.97. The summed E-state index contributed by atoms with van der Waals surface area (Å²) in [6.45, 7) is -0.252. The van der Waals surface area contributed by atoms with E-state index in [9.17, 15) is 17.6 Å². The van der Waals surface area contributed by atoms with Gasteiger partial charge in [-0.15, -0.1) is 0 Å². The van der Waals surface area contributed by atoms with Crippen LogP contribution in [0.3, 0.4) is 0 Å². The van der Waals surface area contributed by atoms with Gasteiger partial charge in [0.25, 0.3) is 0 Å². The van der Waals surface area contributed by atoms with Crippen molar-refractivity contribution in [1.82, 2.24) is 0 Å². The van der Waals surface area contributed by atoms with Gasteiger partial charge in [0.1, 0.15) is 18.2 Å². The third-order valence-corrected chi connectivity index (χ3v) is 2.43. The normalized spacial score (nSPS) is 11.4. The Kier molecular flexibility index (Phi) is 3.74. The van der Waals surface area contributed by atoms with Crippen LogP contribution in [0.4, 0.5) is 17.6 Å². The maximum absolute atomic E-state index is 12.7. The first kappa shape index (κ1) is 13.4. The van der Waals surface area contributed by atoms with E-state index < -0.39 is 17.6 Å². The molecule has 2 rings (SSSR count). The molecule has 0 fully saturated rings. The minimum atomic E-state index is -4.47. The molecule has 0 atom stereocenters. The van der Waals surface area contributed by atoms with Crippen LogP contribution in [0.1, 0.15) is 11.1 Å². The van der Waals surface area contributed by atoms with Gasteiger partial charge in [0.05, 0.1) is 5.56 Å². The fourth-order valence-electron chi connectivity index (χ4n) is 1.55. The van der Waals surface area contributed by atoms with Gasteiger partial charge in [0.15, 0.2) is 0 Å². The molecule has 0 saturated carbocycles. The minimum Gasteiger partial charge on any atom is -0.489 e. The fraction of sp³-hybridized carbons (Fsp3) is 0.143. The average molecular weight is 269 g/mol. The van der Waals surface area contributed by atoms with Crippen LogP contribution in [0.2, 0.25) is 0 Å². The van der Waals surface area contributed by atoms with Gasteiger partial charge in [0.2, 0.25) is 0 Å².